The van der Waals surface area contributed by atoms with Gasteiger partial charge in [-0.05, 0) is 26.0 Å². The molecule has 1 aromatic carbocycles. The molecule has 138 valence electrons. The third-order valence-corrected chi connectivity index (χ3v) is 4.80. The molecule has 0 N–H and O–H groups in total. The second kappa shape index (κ2) is 8.95. The predicted molar refractivity (Wildman–Crippen MR) is 99.2 cm³/mol. The minimum atomic E-state index is 0.181. The molecular formula is C20H26N4O2. The van der Waals surface area contributed by atoms with E-state index in [1.54, 1.807) is 0 Å². The Morgan fingerprint density at radius 1 is 1.27 bits per heavy atom. The van der Waals surface area contributed by atoms with Crippen molar-refractivity contribution in [3.05, 3.63) is 47.3 Å². The lowest BCUT2D eigenvalue weighted by atomic mass is 10.0. The molecule has 6 heteroatoms. The molecule has 1 aliphatic rings. The van der Waals surface area contributed by atoms with E-state index in [1.165, 1.54) is 5.56 Å². The molecule has 0 amide bonds. The van der Waals surface area contributed by atoms with Crippen LogP contribution in [0.2, 0.25) is 0 Å². The first-order valence-electron chi connectivity index (χ1n) is 9.10. The van der Waals surface area contributed by atoms with Crippen molar-refractivity contribution in [2.45, 2.75) is 26.3 Å². The maximum absolute atomic E-state index is 8.60. The summed E-state index contributed by atoms with van der Waals surface area (Å²) < 4.78 is 13.4. The molecule has 1 atom stereocenters. The summed E-state index contributed by atoms with van der Waals surface area (Å²) in [5.41, 5.74) is 4.50. The van der Waals surface area contributed by atoms with E-state index in [0.29, 0.717) is 26.2 Å². The number of hydrogen-bond acceptors (Lipinski definition) is 5. The molecule has 0 saturated carbocycles. The summed E-state index contributed by atoms with van der Waals surface area (Å²) in [5.74, 6) is 0. The van der Waals surface area contributed by atoms with Crippen LogP contribution in [0.5, 0.6) is 0 Å². The van der Waals surface area contributed by atoms with E-state index < -0.39 is 0 Å². The monoisotopic (exact) mass is 354 g/mol. The fraction of sp³-hybridized carbons (Fsp3) is 0.500. The van der Waals surface area contributed by atoms with Crippen LogP contribution in [0.4, 0.5) is 0 Å². The van der Waals surface area contributed by atoms with Crippen molar-refractivity contribution in [1.82, 2.24) is 14.7 Å². The molecule has 1 aliphatic heterocycles. The van der Waals surface area contributed by atoms with Gasteiger partial charge in [0.1, 0.15) is 0 Å². The molecule has 1 fully saturated rings. The third-order valence-electron chi connectivity index (χ3n) is 4.80. The first-order valence-corrected chi connectivity index (χ1v) is 9.10. The summed E-state index contributed by atoms with van der Waals surface area (Å²) >= 11 is 0. The van der Waals surface area contributed by atoms with Crippen LogP contribution >= 0.6 is 0 Å². The second-order valence-corrected chi connectivity index (χ2v) is 6.48. The number of nitrogens with zero attached hydrogens (tertiary/aromatic N) is 4. The van der Waals surface area contributed by atoms with Crippen LogP contribution in [0.3, 0.4) is 0 Å². The van der Waals surface area contributed by atoms with Crippen LogP contribution in [0.25, 0.3) is 5.69 Å². The molecule has 0 bridgehead atoms. The number of aromatic nitrogens is 2. The summed E-state index contributed by atoms with van der Waals surface area (Å²) in [5, 5.41) is 13.4. The number of morpholine rings is 1. The summed E-state index contributed by atoms with van der Waals surface area (Å²) in [6.45, 7) is 8.42. The fourth-order valence-corrected chi connectivity index (χ4v) is 3.53. The van der Waals surface area contributed by atoms with Crippen LogP contribution in [-0.4, -0.2) is 54.2 Å². The summed E-state index contributed by atoms with van der Waals surface area (Å²) in [6.07, 6.45) is 0.439. The van der Waals surface area contributed by atoms with Gasteiger partial charge in [-0.1, -0.05) is 18.2 Å². The first kappa shape index (κ1) is 18.6. The smallest absolute Gasteiger partial charge is 0.0665 e. The van der Waals surface area contributed by atoms with Crippen LogP contribution in [-0.2, 0) is 9.47 Å². The lowest BCUT2D eigenvalue weighted by Gasteiger charge is -2.35. The fourth-order valence-electron chi connectivity index (χ4n) is 3.53. The van der Waals surface area contributed by atoms with Gasteiger partial charge >= 0.3 is 0 Å². The maximum Gasteiger partial charge on any atom is 0.0665 e. The lowest BCUT2D eigenvalue weighted by molar-refractivity contribution is -0.0214. The minimum Gasteiger partial charge on any atom is -0.379 e. The van der Waals surface area contributed by atoms with Gasteiger partial charge in [0.15, 0.2) is 0 Å². The molecule has 2 heterocycles. The molecule has 0 spiro atoms. The van der Waals surface area contributed by atoms with E-state index in [1.807, 2.05) is 22.9 Å². The maximum atomic E-state index is 8.60. The molecular weight excluding hydrogens is 328 g/mol. The van der Waals surface area contributed by atoms with Crippen LogP contribution in [0, 0.1) is 25.2 Å². The average Bonchev–Trinajstić information content (AvgIpc) is 2.97. The van der Waals surface area contributed by atoms with Crippen molar-refractivity contribution in [2.75, 3.05) is 39.5 Å². The number of benzene rings is 1. The van der Waals surface area contributed by atoms with E-state index in [0.717, 1.165) is 36.8 Å². The van der Waals surface area contributed by atoms with Gasteiger partial charge in [0.05, 0.1) is 56.3 Å². The zero-order valence-electron chi connectivity index (χ0n) is 15.5. The highest BCUT2D eigenvalue weighted by Gasteiger charge is 2.29. The molecule has 1 saturated heterocycles. The Morgan fingerprint density at radius 3 is 2.85 bits per heavy atom. The van der Waals surface area contributed by atoms with Gasteiger partial charge in [0.25, 0.3) is 0 Å². The van der Waals surface area contributed by atoms with E-state index in [2.05, 4.69) is 36.9 Å². The Balaban J connectivity index is 1.77. The van der Waals surface area contributed by atoms with E-state index in [9.17, 15) is 0 Å². The largest absolute Gasteiger partial charge is 0.379 e. The van der Waals surface area contributed by atoms with Gasteiger partial charge in [-0.2, -0.15) is 10.4 Å². The zero-order chi connectivity index (χ0) is 18.4. The van der Waals surface area contributed by atoms with Gasteiger partial charge in [0, 0.05) is 24.3 Å². The summed E-state index contributed by atoms with van der Waals surface area (Å²) in [6, 6.07) is 12.5. The molecule has 0 radical (unpaired) electrons. The third kappa shape index (κ3) is 4.13. The summed E-state index contributed by atoms with van der Waals surface area (Å²) in [4.78, 5) is 2.40. The molecule has 0 aliphatic carbocycles. The lowest BCUT2D eigenvalue weighted by Crippen LogP contribution is -2.41. The molecule has 6 nitrogen and oxygen atoms in total. The summed E-state index contributed by atoms with van der Waals surface area (Å²) in [7, 11) is 0. The molecule has 1 unspecified atom stereocenters. The van der Waals surface area contributed by atoms with E-state index in [4.69, 9.17) is 19.8 Å². The highest BCUT2D eigenvalue weighted by Crippen LogP contribution is 2.30. The Bertz CT molecular complexity index is 751. The minimum absolute atomic E-state index is 0.181. The van der Waals surface area contributed by atoms with E-state index >= 15 is 0 Å². The SMILES string of the molecule is Cc1nn(-c2ccccc2)c(C)c1C1COCCN1CCOCCC#N. The van der Waals surface area contributed by atoms with E-state index in [-0.39, 0.29) is 6.04 Å². The van der Waals surface area contributed by atoms with Crippen molar-refractivity contribution < 1.29 is 9.47 Å². The number of nitriles is 1. The number of para-hydroxylation sites is 1. The van der Waals surface area contributed by atoms with Crippen LogP contribution in [0.1, 0.15) is 29.4 Å². The van der Waals surface area contributed by atoms with Crippen molar-refractivity contribution in [2.24, 2.45) is 0 Å². The molecule has 1 aromatic heterocycles. The zero-order valence-corrected chi connectivity index (χ0v) is 15.5. The average molecular weight is 354 g/mol. The van der Waals surface area contributed by atoms with Crippen molar-refractivity contribution in [1.29, 1.82) is 5.26 Å². The Kier molecular flexibility index (Phi) is 6.40. The highest BCUT2D eigenvalue weighted by molar-refractivity contribution is 5.38. The molecule has 3 rings (SSSR count). The second-order valence-electron chi connectivity index (χ2n) is 6.48. The number of hydrogen-bond donors (Lipinski definition) is 0. The van der Waals surface area contributed by atoms with Crippen LogP contribution < -0.4 is 0 Å². The first-order chi connectivity index (χ1) is 12.7. The van der Waals surface area contributed by atoms with Gasteiger partial charge in [-0.25, -0.2) is 4.68 Å². The quantitative estimate of drug-likeness (QED) is 0.716. The predicted octanol–water partition coefficient (Wildman–Crippen LogP) is 2.79. The van der Waals surface area contributed by atoms with Crippen LogP contribution in [0.15, 0.2) is 30.3 Å². The number of rotatable bonds is 7. The molecule has 26 heavy (non-hydrogen) atoms. The van der Waals surface area contributed by atoms with Crippen molar-refractivity contribution in [3.63, 3.8) is 0 Å². The van der Waals surface area contributed by atoms with Crippen molar-refractivity contribution in [3.8, 4) is 11.8 Å². The van der Waals surface area contributed by atoms with Gasteiger partial charge in [-0.15, -0.1) is 0 Å². The Morgan fingerprint density at radius 2 is 2.08 bits per heavy atom. The standard InChI is InChI=1S/C20H26N4O2/c1-16-20(17(2)24(22-16)18-7-4-3-5-8-18)19-15-26-14-11-23(19)10-13-25-12-6-9-21/h3-5,7-8,19H,6,10-15H2,1-2H3. The van der Waals surface area contributed by atoms with Gasteiger partial charge in [0.2, 0.25) is 0 Å². The normalized spacial score (nSPS) is 18.0. The van der Waals surface area contributed by atoms with Gasteiger partial charge in [-0.3, -0.25) is 4.90 Å². The van der Waals surface area contributed by atoms with Gasteiger partial charge < -0.3 is 9.47 Å². The Hall–Kier alpha value is -2.20. The Labute approximate surface area is 154 Å². The molecule has 2 aromatic rings. The highest BCUT2D eigenvalue weighted by atomic mass is 16.5. The number of ether oxygens (including phenoxy) is 2. The topological polar surface area (TPSA) is 63.3 Å². The number of aryl methyl sites for hydroxylation is 1. The van der Waals surface area contributed by atoms with Crippen molar-refractivity contribution >= 4 is 0 Å².